The Morgan fingerprint density at radius 2 is 1.28 bits per heavy atom. The minimum absolute atomic E-state index is 0.826. The molecular weight excluding hydrogens is 541 g/mol. The fourth-order valence-corrected chi connectivity index (χ4v) is 4.16. The molecule has 0 aliphatic carbocycles. The molecule has 181 valence electrons. The molecule has 36 heavy (non-hydrogen) atoms. The molecule has 1 radical (unpaired) electrons. The topological polar surface area (TPSA) is 131 Å². The normalized spacial score (nSPS) is 10.6. The van der Waals surface area contributed by atoms with Crippen LogP contribution in [0.2, 0.25) is 0 Å². The van der Waals surface area contributed by atoms with Crippen LogP contribution in [0.5, 0.6) is 0 Å². The molecule has 0 atom stereocenters. The van der Waals surface area contributed by atoms with Crippen molar-refractivity contribution in [2.75, 3.05) is 0 Å². The standard InChI is InChI=1S/C11H10BrN5.C11H11N5.BHNS/c1-6-15-16-7(2)17(6)10-4-3-8-9(12)5-13-11(8)14-10;1-7-14-15-8(2)16(7)10-4-3-9-5-6-12-11(9)13-10;1-2-3/h3-5H,1-2H3,(H,13,14);3-6H,1-2H3,(H,12,13);3H. The number of nitrogens with zero attached hydrogens (tertiary/aromatic N) is 9. The van der Waals surface area contributed by atoms with E-state index in [1.165, 1.54) is 0 Å². The van der Waals surface area contributed by atoms with Crippen LogP contribution in [-0.4, -0.2) is 57.1 Å². The van der Waals surface area contributed by atoms with E-state index in [2.05, 4.69) is 81.0 Å². The Bertz CT molecular complexity index is 1610. The summed E-state index contributed by atoms with van der Waals surface area (Å²) in [4.78, 5) is 15.3. The first kappa shape index (κ1) is 25.4. The second-order valence-corrected chi connectivity index (χ2v) is 8.75. The van der Waals surface area contributed by atoms with Crippen molar-refractivity contribution >= 4 is 58.5 Å². The van der Waals surface area contributed by atoms with E-state index in [1.807, 2.05) is 79.6 Å². The van der Waals surface area contributed by atoms with Crippen LogP contribution in [0.4, 0.5) is 0 Å². The molecule has 6 aromatic rings. The van der Waals surface area contributed by atoms with Crippen LogP contribution in [0.1, 0.15) is 23.3 Å². The molecular formula is C22H22BBrN11S. The second-order valence-electron chi connectivity index (χ2n) is 7.66. The predicted octanol–water partition coefficient (Wildman–Crippen LogP) is 4.47. The van der Waals surface area contributed by atoms with Gasteiger partial charge in [0.05, 0.1) is 0 Å². The minimum atomic E-state index is 0.826. The first-order valence-electron chi connectivity index (χ1n) is 10.7. The van der Waals surface area contributed by atoms with Crippen molar-refractivity contribution in [2.24, 2.45) is 4.30 Å². The SMILES string of the molecule is Cc1nnc(C)n1-c1ccc2c(Br)c[nH]c2n1.Cc1nnc(C)n1-c1ccc2cc[nH]c2n1.[B]=NS. The van der Waals surface area contributed by atoms with Gasteiger partial charge in [-0.3, -0.25) is 9.13 Å². The zero-order valence-electron chi connectivity index (χ0n) is 20.0. The summed E-state index contributed by atoms with van der Waals surface area (Å²) in [5.74, 6) is 5.02. The van der Waals surface area contributed by atoms with Crippen LogP contribution in [-0.2, 0) is 0 Å². The Morgan fingerprint density at radius 1 is 0.778 bits per heavy atom. The van der Waals surface area contributed by atoms with Crippen LogP contribution in [0.25, 0.3) is 33.7 Å². The molecule has 6 heterocycles. The number of fused-ring (bicyclic) bond motifs is 2. The molecule has 11 nitrogen and oxygen atoms in total. The number of thiol groups is 1. The molecule has 0 unspecified atom stereocenters. The monoisotopic (exact) mass is 562 g/mol. The van der Waals surface area contributed by atoms with Gasteiger partial charge < -0.3 is 9.97 Å². The van der Waals surface area contributed by atoms with Gasteiger partial charge in [0, 0.05) is 27.6 Å². The van der Waals surface area contributed by atoms with Gasteiger partial charge in [0.15, 0.2) is 0 Å². The van der Waals surface area contributed by atoms with E-state index in [0.717, 1.165) is 61.5 Å². The summed E-state index contributed by atoms with van der Waals surface area (Å²) in [5, 5.41) is 18.3. The number of nitrogens with one attached hydrogen (secondary N) is 2. The maximum absolute atomic E-state index is 4.56. The van der Waals surface area contributed by atoms with Gasteiger partial charge in [0.25, 0.3) is 0 Å². The zero-order chi connectivity index (χ0) is 25.8. The second kappa shape index (κ2) is 11.0. The average molecular weight is 563 g/mol. The van der Waals surface area contributed by atoms with Crippen LogP contribution < -0.4 is 0 Å². The summed E-state index contributed by atoms with van der Waals surface area (Å²) >= 11 is 6.66. The molecule has 14 heteroatoms. The van der Waals surface area contributed by atoms with E-state index in [0.29, 0.717) is 0 Å². The van der Waals surface area contributed by atoms with Gasteiger partial charge >= 0.3 is 24.8 Å². The number of aromatic nitrogens is 10. The van der Waals surface area contributed by atoms with E-state index < -0.39 is 0 Å². The van der Waals surface area contributed by atoms with Gasteiger partial charge in [-0.1, -0.05) is 0 Å². The van der Waals surface area contributed by atoms with Crippen LogP contribution in [0, 0.1) is 27.7 Å². The summed E-state index contributed by atoms with van der Waals surface area (Å²) in [6.07, 6.45) is 3.76. The van der Waals surface area contributed by atoms with Crippen LogP contribution in [0.15, 0.2) is 51.5 Å². The van der Waals surface area contributed by atoms with E-state index in [1.54, 1.807) is 0 Å². The van der Waals surface area contributed by atoms with Crippen LogP contribution >= 0.6 is 28.7 Å². The van der Waals surface area contributed by atoms with Crippen molar-refractivity contribution in [3.8, 4) is 11.6 Å². The maximum atomic E-state index is 4.56. The van der Waals surface area contributed by atoms with Crippen molar-refractivity contribution in [2.45, 2.75) is 27.7 Å². The Morgan fingerprint density at radius 3 is 1.83 bits per heavy atom. The molecule has 6 aromatic heterocycles. The molecule has 0 saturated heterocycles. The predicted molar refractivity (Wildman–Crippen MR) is 146 cm³/mol. The number of rotatable bonds is 2. The number of halogens is 1. The van der Waals surface area contributed by atoms with Crippen molar-refractivity contribution in [1.82, 2.24) is 49.5 Å². The number of aryl methyl sites for hydroxylation is 4. The molecule has 2 N–H and O–H groups in total. The molecule has 6 rings (SSSR count). The Labute approximate surface area is 221 Å². The first-order chi connectivity index (χ1) is 17.3. The Kier molecular flexibility index (Phi) is 7.74. The van der Waals surface area contributed by atoms with E-state index in [-0.39, 0.29) is 0 Å². The van der Waals surface area contributed by atoms with Crippen molar-refractivity contribution < 1.29 is 0 Å². The third-order valence-electron chi connectivity index (χ3n) is 5.30. The summed E-state index contributed by atoms with van der Waals surface area (Å²) in [6.45, 7) is 7.66. The van der Waals surface area contributed by atoms with Gasteiger partial charge in [0.1, 0.15) is 46.2 Å². The summed E-state index contributed by atoms with van der Waals surface area (Å²) in [6, 6.07) is 9.99. The molecule has 0 bridgehead atoms. The van der Waals surface area contributed by atoms with E-state index >= 15 is 0 Å². The molecule has 0 aliphatic heterocycles. The van der Waals surface area contributed by atoms with Crippen molar-refractivity contribution in [3.63, 3.8) is 0 Å². The number of hydrogen-bond donors (Lipinski definition) is 3. The van der Waals surface area contributed by atoms with E-state index in [4.69, 9.17) is 0 Å². The Balaban J connectivity index is 0.000000153. The van der Waals surface area contributed by atoms with E-state index in [9.17, 15) is 0 Å². The molecule has 0 spiro atoms. The number of aromatic amines is 2. The van der Waals surface area contributed by atoms with Gasteiger partial charge in [-0.25, -0.2) is 9.97 Å². The summed E-state index contributed by atoms with van der Waals surface area (Å²) in [5.41, 5.74) is 1.73. The molecule has 0 fully saturated rings. The third kappa shape index (κ3) is 5.14. The van der Waals surface area contributed by atoms with Gasteiger partial charge in [-0.05, 0) is 74.0 Å². The summed E-state index contributed by atoms with van der Waals surface area (Å²) in [7, 11) is 4.34. The summed E-state index contributed by atoms with van der Waals surface area (Å²) < 4.78 is 7.57. The van der Waals surface area contributed by atoms with Crippen molar-refractivity contribution in [1.29, 1.82) is 0 Å². The third-order valence-corrected chi connectivity index (χ3v) is 5.96. The van der Waals surface area contributed by atoms with Gasteiger partial charge in [-0.2, -0.15) is 0 Å². The molecule has 0 aromatic carbocycles. The van der Waals surface area contributed by atoms with Gasteiger partial charge in [-0.15, -0.1) is 20.4 Å². The fraction of sp³-hybridized carbons (Fsp3) is 0.182. The molecule has 0 saturated carbocycles. The Hall–Kier alpha value is -3.65. The quantitative estimate of drug-likeness (QED) is 0.211. The number of H-pyrrole nitrogens is 2. The first-order valence-corrected chi connectivity index (χ1v) is 11.9. The molecule has 0 aliphatic rings. The van der Waals surface area contributed by atoms with Crippen LogP contribution in [0.3, 0.4) is 0 Å². The number of hydrogen-bond acceptors (Lipinski definition) is 8. The molecule has 0 amide bonds. The fourth-order valence-electron chi connectivity index (χ4n) is 3.73. The van der Waals surface area contributed by atoms with Gasteiger partial charge in [0.2, 0.25) is 0 Å². The zero-order valence-corrected chi connectivity index (χ0v) is 22.4. The number of pyridine rings is 2. The van der Waals surface area contributed by atoms with Crippen molar-refractivity contribution in [3.05, 3.63) is 70.5 Å². The average Bonchev–Trinajstić information content (AvgIpc) is 3.63.